The second-order valence-corrected chi connectivity index (χ2v) is 20.9. The Bertz CT molecular complexity index is 1560. The van der Waals surface area contributed by atoms with Crippen molar-refractivity contribution in [1.82, 2.24) is 0 Å². The number of halogens is 17. The van der Waals surface area contributed by atoms with E-state index in [4.69, 9.17) is 0 Å². The zero-order chi connectivity index (χ0) is 41.0. The Morgan fingerprint density at radius 3 is 0.692 bits per heavy atom. The largest absolute Gasteiger partial charge is 0.498 e. The van der Waals surface area contributed by atoms with Crippen LogP contribution in [0.1, 0.15) is 68.7 Å². The molecular weight excluding hydrogens is 761 g/mol. The molecule has 0 radical (unpaired) electrons. The first-order valence-electron chi connectivity index (χ1n) is 15.2. The van der Waals surface area contributed by atoms with E-state index in [1.54, 1.807) is 0 Å². The number of benzene rings is 3. The summed E-state index contributed by atoms with van der Waals surface area (Å²) in [6, 6.07) is 0. The van der Waals surface area contributed by atoms with E-state index in [2.05, 4.69) is 62.3 Å². The van der Waals surface area contributed by atoms with Gasteiger partial charge in [0.25, 0.3) is 6.42 Å². The van der Waals surface area contributed by atoms with Crippen LogP contribution in [-0.4, -0.2) is 34.7 Å². The third kappa shape index (κ3) is 7.01. The molecule has 0 saturated heterocycles. The summed E-state index contributed by atoms with van der Waals surface area (Å²) in [5, 5.41) is 0.829. The molecule has 0 heterocycles. The Morgan fingerprint density at radius 1 is 0.365 bits per heavy atom. The van der Waals surface area contributed by atoms with Gasteiger partial charge in [-0.05, 0) is 62.3 Å². The van der Waals surface area contributed by atoms with Crippen LogP contribution in [0.5, 0.6) is 0 Å². The molecule has 0 N–H and O–H groups in total. The molecular formula is C33H33BF17P. The SMILES string of the molecule is CC(C)(C)[P+](CCCF)(C(C)(C)C)C(C)(C)C.Fc1c(F)c(F)c([B-](F)(c2c(F)c(F)c(F)c(F)c2F)c2c(F)c(F)c(F)c(F)c2F)c(F)c1F. The zero-order valence-electron chi connectivity index (χ0n) is 29.1. The molecule has 3 aromatic carbocycles. The van der Waals surface area contributed by atoms with Gasteiger partial charge in [-0.1, -0.05) is 16.4 Å². The van der Waals surface area contributed by atoms with Crippen molar-refractivity contribution in [3.8, 4) is 0 Å². The summed E-state index contributed by atoms with van der Waals surface area (Å²) in [5.41, 5.74) is -9.89. The second kappa shape index (κ2) is 15.0. The van der Waals surface area contributed by atoms with Gasteiger partial charge >= 0.3 is 0 Å². The first kappa shape index (κ1) is 45.1. The standard InChI is InChI=1S/C18BF16.C15H33FP/c20-4-1(5(21)11(27)16(32)10(4)26)19(35,2-6(22)12(28)17(33)13(29)7(2)23)3-8(24)14(30)18(34)15(31)9(3)25;1-13(2,3)17(12-10-11-16,14(4,5)6)15(7,8)9/h;10-12H2,1-9H3/q-1;+1. The molecule has 19 heteroatoms. The molecule has 0 fully saturated rings. The van der Waals surface area contributed by atoms with E-state index < -0.39 is 117 Å². The Morgan fingerprint density at radius 2 is 0.538 bits per heavy atom. The number of hydrogen-bond donors (Lipinski definition) is 0. The maximum Gasteiger partial charge on any atom is 0.251 e. The monoisotopic (exact) mass is 794 g/mol. The minimum Gasteiger partial charge on any atom is -0.498 e. The van der Waals surface area contributed by atoms with Crippen molar-refractivity contribution in [2.45, 2.75) is 84.2 Å². The van der Waals surface area contributed by atoms with E-state index in [1.165, 1.54) is 0 Å². The predicted molar refractivity (Wildman–Crippen MR) is 166 cm³/mol. The summed E-state index contributed by atoms with van der Waals surface area (Å²) in [6.45, 7) is 21.0. The average molecular weight is 794 g/mol. The van der Waals surface area contributed by atoms with Crippen molar-refractivity contribution < 1.29 is 74.6 Å². The summed E-state index contributed by atoms with van der Waals surface area (Å²) < 4.78 is 238. The fraction of sp³-hybridized carbons (Fsp3) is 0.455. The highest BCUT2D eigenvalue weighted by Gasteiger charge is 2.63. The molecule has 0 saturated carbocycles. The molecule has 0 spiro atoms. The molecule has 292 valence electrons. The molecule has 0 bridgehead atoms. The van der Waals surface area contributed by atoms with Crippen LogP contribution in [0.3, 0.4) is 0 Å². The van der Waals surface area contributed by atoms with Gasteiger partial charge in [0.2, 0.25) is 0 Å². The maximum absolute atomic E-state index is 16.3. The average Bonchev–Trinajstić information content (AvgIpc) is 3.01. The molecule has 0 aliphatic heterocycles. The van der Waals surface area contributed by atoms with Gasteiger partial charge in [0.15, 0.2) is 52.4 Å². The Labute approximate surface area is 289 Å². The van der Waals surface area contributed by atoms with Crippen LogP contribution in [-0.2, 0) is 0 Å². The van der Waals surface area contributed by atoms with Gasteiger partial charge < -0.3 is 4.32 Å². The van der Waals surface area contributed by atoms with Crippen molar-refractivity contribution in [3.05, 3.63) is 87.3 Å². The number of hydrogen-bond acceptors (Lipinski definition) is 0. The first-order valence-corrected chi connectivity index (χ1v) is 17.1. The molecule has 0 aromatic heterocycles. The molecule has 52 heavy (non-hydrogen) atoms. The van der Waals surface area contributed by atoms with Crippen LogP contribution in [0.4, 0.5) is 74.6 Å². The third-order valence-electron chi connectivity index (χ3n) is 8.99. The van der Waals surface area contributed by atoms with Gasteiger partial charge in [-0.15, -0.1) is 0 Å². The lowest BCUT2D eigenvalue weighted by atomic mass is 9.30. The van der Waals surface area contributed by atoms with Crippen molar-refractivity contribution >= 4 is 30.1 Å². The third-order valence-corrected chi connectivity index (χ3v) is 16.8. The molecule has 3 rings (SSSR count). The van der Waals surface area contributed by atoms with Gasteiger partial charge in [0.05, 0.1) is 28.3 Å². The normalized spacial score (nSPS) is 13.0. The smallest absolute Gasteiger partial charge is 0.251 e. The van der Waals surface area contributed by atoms with E-state index in [1.807, 2.05) is 0 Å². The zero-order valence-corrected chi connectivity index (χ0v) is 30.0. The van der Waals surface area contributed by atoms with Gasteiger partial charge in [-0.3, -0.25) is 4.39 Å². The highest BCUT2D eigenvalue weighted by Crippen LogP contribution is 2.83. The van der Waals surface area contributed by atoms with Gasteiger partial charge in [-0.2, -0.15) is 0 Å². The van der Waals surface area contributed by atoms with Gasteiger partial charge in [0.1, 0.15) is 34.9 Å². The summed E-state index contributed by atoms with van der Waals surface area (Å²) in [4.78, 5) is 0. The van der Waals surface area contributed by atoms with Crippen LogP contribution in [0.2, 0.25) is 0 Å². The van der Waals surface area contributed by atoms with Crippen LogP contribution in [0, 0.1) is 87.3 Å². The van der Waals surface area contributed by atoms with Gasteiger partial charge in [-0.25, -0.2) is 65.9 Å². The second-order valence-electron chi connectivity index (χ2n) is 14.8. The Hall–Kier alpha value is -3.04. The van der Waals surface area contributed by atoms with E-state index in [9.17, 15) is 70.2 Å². The molecule has 0 atom stereocenters. The lowest BCUT2D eigenvalue weighted by Crippen LogP contribution is -2.70. The van der Waals surface area contributed by atoms with Crippen molar-refractivity contribution in [3.63, 3.8) is 0 Å². The maximum atomic E-state index is 16.3. The van der Waals surface area contributed by atoms with Gasteiger partial charge in [0, 0.05) is 13.7 Å². The highest BCUT2D eigenvalue weighted by molar-refractivity contribution is 7.80. The molecule has 0 aliphatic rings. The summed E-state index contributed by atoms with van der Waals surface area (Å²) >= 11 is 0. The molecule has 0 unspecified atom stereocenters. The first-order chi connectivity index (χ1) is 23.3. The van der Waals surface area contributed by atoms with E-state index in [-0.39, 0.29) is 22.1 Å². The molecule has 0 nitrogen and oxygen atoms in total. The Balaban J connectivity index is 0.000000465. The van der Waals surface area contributed by atoms with E-state index in [0.29, 0.717) is 0 Å². The van der Waals surface area contributed by atoms with E-state index in [0.717, 1.165) is 12.6 Å². The molecule has 0 aliphatic carbocycles. The highest BCUT2D eigenvalue weighted by atomic mass is 31.2. The van der Waals surface area contributed by atoms with E-state index >= 15 is 4.32 Å². The predicted octanol–water partition coefficient (Wildman–Crippen LogP) is 10.5. The summed E-state index contributed by atoms with van der Waals surface area (Å²) in [7, 11) is -1.30. The van der Waals surface area contributed by atoms with Crippen LogP contribution >= 0.6 is 7.26 Å². The minimum absolute atomic E-state index is 0.177. The fourth-order valence-electron chi connectivity index (χ4n) is 7.67. The molecule has 0 amide bonds. The quantitative estimate of drug-likeness (QED) is 0.0767. The van der Waals surface area contributed by atoms with Crippen molar-refractivity contribution in [2.75, 3.05) is 12.8 Å². The number of rotatable bonds is 6. The minimum atomic E-state index is -6.91. The lowest BCUT2D eigenvalue weighted by Gasteiger charge is -2.54. The Kier molecular flexibility index (Phi) is 13.0. The molecule has 3 aromatic rings. The summed E-state index contributed by atoms with van der Waals surface area (Å²) in [5.74, 6) is -49.3. The van der Waals surface area contributed by atoms with Crippen LogP contribution in [0.15, 0.2) is 0 Å². The van der Waals surface area contributed by atoms with Crippen molar-refractivity contribution in [2.24, 2.45) is 0 Å². The van der Waals surface area contributed by atoms with Crippen LogP contribution in [0.25, 0.3) is 0 Å². The lowest BCUT2D eigenvalue weighted by molar-refractivity contribution is 0.377. The fourth-order valence-corrected chi connectivity index (χ4v) is 16.3. The number of alkyl halides is 1. The van der Waals surface area contributed by atoms with Crippen LogP contribution < -0.4 is 16.4 Å². The topological polar surface area (TPSA) is 0 Å². The van der Waals surface area contributed by atoms with Crippen molar-refractivity contribution in [1.29, 1.82) is 0 Å². The summed E-state index contributed by atoms with van der Waals surface area (Å²) in [6.07, 6.45) is -5.12.